The molecule has 3 nitrogen and oxygen atoms in total. The molecule has 1 amide bonds. The molecule has 0 bridgehead atoms. The highest BCUT2D eigenvalue weighted by atomic mass is 32.1. The number of hydrogen-bond acceptors (Lipinski definition) is 3. The zero-order valence-corrected chi connectivity index (χ0v) is 16.8. The molecule has 3 aromatic carbocycles. The van der Waals surface area contributed by atoms with Crippen LogP contribution in [0.1, 0.15) is 35.3 Å². The summed E-state index contributed by atoms with van der Waals surface area (Å²) in [6.07, 6.45) is 1.75. The fraction of sp³-hybridized carbons (Fsp3) is 0.167. The number of para-hydroxylation sites is 1. The highest BCUT2D eigenvalue weighted by Gasteiger charge is 2.13. The van der Waals surface area contributed by atoms with Gasteiger partial charge >= 0.3 is 0 Å². The van der Waals surface area contributed by atoms with Gasteiger partial charge in [0.2, 0.25) is 0 Å². The molecular weight excluding hydrogens is 364 g/mol. The van der Waals surface area contributed by atoms with Crippen molar-refractivity contribution in [3.63, 3.8) is 0 Å². The van der Waals surface area contributed by atoms with Gasteiger partial charge in [-0.3, -0.25) is 4.79 Å². The Balaban J connectivity index is 1.62. The van der Waals surface area contributed by atoms with Crippen molar-refractivity contribution in [3.8, 4) is 10.6 Å². The third-order valence-corrected chi connectivity index (χ3v) is 5.95. The van der Waals surface area contributed by atoms with Gasteiger partial charge < -0.3 is 5.32 Å². The van der Waals surface area contributed by atoms with E-state index in [1.54, 1.807) is 11.3 Å². The van der Waals surface area contributed by atoms with E-state index in [1.807, 2.05) is 48.5 Å². The number of benzene rings is 3. The minimum Gasteiger partial charge on any atom is -0.322 e. The Morgan fingerprint density at radius 3 is 2.61 bits per heavy atom. The van der Waals surface area contributed by atoms with Crippen molar-refractivity contribution < 1.29 is 4.79 Å². The van der Waals surface area contributed by atoms with Crippen LogP contribution in [0.25, 0.3) is 20.8 Å². The Labute approximate surface area is 169 Å². The maximum Gasteiger partial charge on any atom is 0.255 e. The summed E-state index contributed by atoms with van der Waals surface area (Å²) in [7, 11) is 0. The lowest BCUT2D eigenvalue weighted by Gasteiger charge is -2.11. The Morgan fingerprint density at radius 1 is 0.964 bits per heavy atom. The number of hydrogen-bond donors (Lipinski definition) is 1. The number of amides is 1. The molecule has 1 heterocycles. The van der Waals surface area contributed by atoms with Crippen LogP contribution in [0.15, 0.2) is 66.7 Å². The van der Waals surface area contributed by atoms with E-state index in [0.717, 1.165) is 50.4 Å². The van der Waals surface area contributed by atoms with Crippen molar-refractivity contribution in [2.75, 3.05) is 5.32 Å². The molecule has 0 saturated carbocycles. The van der Waals surface area contributed by atoms with Crippen LogP contribution in [0.3, 0.4) is 0 Å². The van der Waals surface area contributed by atoms with Crippen LogP contribution in [-0.2, 0) is 12.8 Å². The normalized spacial score (nSPS) is 10.9. The second-order valence-corrected chi connectivity index (χ2v) is 7.75. The number of fused-ring (bicyclic) bond motifs is 1. The summed E-state index contributed by atoms with van der Waals surface area (Å²) in [6, 6.07) is 22.2. The molecule has 0 unspecified atom stereocenters. The number of anilines is 1. The number of carbonyl (C=O) groups is 1. The second-order valence-electron chi connectivity index (χ2n) is 6.72. The summed E-state index contributed by atoms with van der Waals surface area (Å²) >= 11 is 1.66. The predicted octanol–water partition coefficient (Wildman–Crippen LogP) is 6.34. The van der Waals surface area contributed by atoms with Crippen LogP contribution >= 0.6 is 11.3 Å². The van der Waals surface area contributed by atoms with Crippen LogP contribution in [0.2, 0.25) is 0 Å². The molecule has 0 atom stereocenters. The number of carbonyl (C=O) groups excluding carboxylic acids is 1. The molecule has 0 radical (unpaired) electrons. The van der Waals surface area contributed by atoms with Gasteiger partial charge in [0, 0.05) is 16.8 Å². The highest BCUT2D eigenvalue weighted by molar-refractivity contribution is 7.21. The highest BCUT2D eigenvalue weighted by Crippen LogP contribution is 2.31. The smallest absolute Gasteiger partial charge is 0.255 e. The molecule has 0 fully saturated rings. The number of aryl methyl sites for hydroxylation is 2. The SMILES string of the molecule is CCc1ccc(CC)c(C(=O)Nc2cccc(-c3nc4ccccc4s3)c2)c1. The monoisotopic (exact) mass is 386 g/mol. The number of nitrogens with zero attached hydrogens (tertiary/aromatic N) is 1. The van der Waals surface area contributed by atoms with Crippen molar-refractivity contribution in [2.45, 2.75) is 26.7 Å². The van der Waals surface area contributed by atoms with Crippen LogP contribution in [0, 0.1) is 0 Å². The first-order valence-corrected chi connectivity index (χ1v) is 10.4. The molecule has 4 rings (SSSR count). The third-order valence-electron chi connectivity index (χ3n) is 4.87. The number of nitrogens with one attached hydrogen (secondary N) is 1. The third kappa shape index (κ3) is 3.69. The molecule has 1 N–H and O–H groups in total. The Kier molecular flexibility index (Phi) is 5.22. The lowest BCUT2D eigenvalue weighted by atomic mass is 10.00. The molecule has 0 aliphatic heterocycles. The topological polar surface area (TPSA) is 42.0 Å². The number of rotatable bonds is 5. The summed E-state index contributed by atoms with van der Waals surface area (Å²) < 4.78 is 1.16. The Hall–Kier alpha value is -2.98. The number of thiazole rings is 1. The molecule has 140 valence electrons. The first kappa shape index (κ1) is 18.4. The maximum absolute atomic E-state index is 12.9. The van der Waals surface area contributed by atoms with Crippen molar-refractivity contribution in [1.29, 1.82) is 0 Å². The van der Waals surface area contributed by atoms with E-state index >= 15 is 0 Å². The van der Waals surface area contributed by atoms with E-state index in [2.05, 4.69) is 37.4 Å². The van der Waals surface area contributed by atoms with E-state index in [1.165, 1.54) is 5.56 Å². The average molecular weight is 387 g/mol. The molecule has 4 aromatic rings. The van der Waals surface area contributed by atoms with Crippen molar-refractivity contribution in [1.82, 2.24) is 4.98 Å². The second kappa shape index (κ2) is 7.95. The summed E-state index contributed by atoms with van der Waals surface area (Å²) in [5.74, 6) is -0.0615. The molecular formula is C24H22N2OS. The lowest BCUT2D eigenvalue weighted by Crippen LogP contribution is -2.14. The van der Waals surface area contributed by atoms with Gasteiger partial charge in [0.15, 0.2) is 0 Å². The number of aromatic nitrogens is 1. The van der Waals surface area contributed by atoms with E-state index < -0.39 is 0 Å². The van der Waals surface area contributed by atoms with Gasteiger partial charge in [-0.15, -0.1) is 11.3 Å². The van der Waals surface area contributed by atoms with Crippen molar-refractivity contribution in [3.05, 3.63) is 83.4 Å². The molecule has 0 aliphatic rings. The Bertz CT molecular complexity index is 1110. The quantitative estimate of drug-likeness (QED) is 0.435. The van der Waals surface area contributed by atoms with Crippen molar-refractivity contribution >= 4 is 33.1 Å². The average Bonchev–Trinajstić information content (AvgIpc) is 3.18. The van der Waals surface area contributed by atoms with E-state index in [9.17, 15) is 4.79 Å². The first-order chi connectivity index (χ1) is 13.7. The largest absolute Gasteiger partial charge is 0.322 e. The van der Waals surface area contributed by atoms with Crippen LogP contribution in [0.4, 0.5) is 5.69 Å². The van der Waals surface area contributed by atoms with Gasteiger partial charge in [0.1, 0.15) is 5.01 Å². The van der Waals surface area contributed by atoms with Gasteiger partial charge in [0.05, 0.1) is 10.2 Å². The zero-order valence-electron chi connectivity index (χ0n) is 16.0. The minimum atomic E-state index is -0.0615. The van der Waals surface area contributed by atoms with Crippen LogP contribution in [-0.4, -0.2) is 10.9 Å². The molecule has 1 aromatic heterocycles. The summed E-state index contributed by atoms with van der Waals surface area (Å²) in [5, 5.41) is 4.02. The van der Waals surface area contributed by atoms with Gasteiger partial charge in [-0.05, 0) is 54.3 Å². The van der Waals surface area contributed by atoms with E-state index in [4.69, 9.17) is 4.98 Å². The maximum atomic E-state index is 12.9. The fourth-order valence-corrected chi connectivity index (χ4v) is 4.25. The lowest BCUT2D eigenvalue weighted by molar-refractivity contribution is 0.102. The molecule has 0 saturated heterocycles. The van der Waals surface area contributed by atoms with Crippen molar-refractivity contribution in [2.24, 2.45) is 0 Å². The molecule has 28 heavy (non-hydrogen) atoms. The summed E-state index contributed by atoms with van der Waals surface area (Å²) in [5.41, 5.74) is 5.79. The minimum absolute atomic E-state index is 0.0615. The molecule has 0 spiro atoms. The Morgan fingerprint density at radius 2 is 1.82 bits per heavy atom. The van der Waals surface area contributed by atoms with E-state index in [0.29, 0.717) is 0 Å². The fourth-order valence-electron chi connectivity index (χ4n) is 3.29. The van der Waals surface area contributed by atoms with Gasteiger partial charge in [-0.2, -0.15) is 0 Å². The summed E-state index contributed by atoms with van der Waals surface area (Å²) in [6.45, 7) is 4.18. The van der Waals surface area contributed by atoms with Crippen LogP contribution in [0.5, 0.6) is 0 Å². The van der Waals surface area contributed by atoms with Gasteiger partial charge in [-0.1, -0.05) is 50.2 Å². The molecule has 0 aliphatic carbocycles. The zero-order chi connectivity index (χ0) is 19.5. The van der Waals surface area contributed by atoms with E-state index in [-0.39, 0.29) is 5.91 Å². The predicted molar refractivity (Wildman–Crippen MR) is 118 cm³/mol. The first-order valence-electron chi connectivity index (χ1n) is 9.57. The molecule has 4 heteroatoms. The van der Waals surface area contributed by atoms with Gasteiger partial charge in [-0.25, -0.2) is 4.98 Å². The van der Waals surface area contributed by atoms with Gasteiger partial charge in [0.25, 0.3) is 5.91 Å². The standard InChI is InChI=1S/C24H22N2OS/c1-3-16-12-13-17(4-2)20(14-16)23(27)25-19-9-7-8-18(15-19)24-26-21-10-5-6-11-22(21)28-24/h5-15H,3-4H2,1-2H3,(H,25,27). The summed E-state index contributed by atoms with van der Waals surface area (Å²) in [4.78, 5) is 17.6. The van der Waals surface area contributed by atoms with Crippen LogP contribution < -0.4 is 5.32 Å².